The number of carbonyl (C=O) groups excluding carboxylic acids is 2. The number of hydrogen-bond acceptors (Lipinski definition) is 4. The molecule has 0 radical (unpaired) electrons. The average molecular weight is 571 g/mol. The van der Waals surface area contributed by atoms with Gasteiger partial charge in [-0.25, -0.2) is 0 Å². The van der Waals surface area contributed by atoms with E-state index in [4.69, 9.17) is 9.84 Å². The number of fused-ring (bicyclic) bond motifs is 5. The van der Waals surface area contributed by atoms with E-state index in [2.05, 4.69) is 34.1 Å². The van der Waals surface area contributed by atoms with Gasteiger partial charge in [-0.05, 0) is 80.7 Å². The van der Waals surface area contributed by atoms with Crippen molar-refractivity contribution in [1.29, 1.82) is 0 Å². The number of nitrogens with zero attached hydrogens (tertiary/aromatic N) is 1. The number of para-hydroxylation sites is 1. The molecule has 1 aliphatic heterocycles. The lowest BCUT2D eigenvalue weighted by Gasteiger charge is -2.41. The molecule has 2 aliphatic carbocycles. The summed E-state index contributed by atoms with van der Waals surface area (Å²) < 4.78 is 8.53. The molecule has 6 rings (SSSR count). The third-order valence-corrected chi connectivity index (χ3v) is 9.73. The zero-order valence-electron chi connectivity index (χ0n) is 24.5. The van der Waals surface area contributed by atoms with Crippen molar-refractivity contribution in [3.8, 4) is 17.0 Å². The number of carboxylic acid groups (broad SMARTS) is 1. The third-order valence-electron chi connectivity index (χ3n) is 9.73. The number of carbonyl (C=O) groups is 3. The first-order valence-electron chi connectivity index (χ1n) is 15.9. The SMILES string of the molecule is O=C(O)CCCCCCC(=O)C1(NC(=O)c2ccc3c(C4CCCCC4)c4n(c3c2)CCOc2ccccc2-4)CCC1. The molecule has 1 aromatic heterocycles. The molecule has 3 aliphatic rings. The molecule has 0 saturated heterocycles. The number of carboxylic acids is 1. The monoisotopic (exact) mass is 570 g/mol. The van der Waals surface area contributed by atoms with Crippen molar-refractivity contribution in [2.24, 2.45) is 0 Å². The summed E-state index contributed by atoms with van der Waals surface area (Å²) in [5.41, 5.74) is 4.63. The molecule has 7 nitrogen and oxygen atoms in total. The quantitative estimate of drug-likeness (QED) is 0.234. The first-order valence-corrected chi connectivity index (χ1v) is 15.9. The summed E-state index contributed by atoms with van der Waals surface area (Å²) in [4.78, 5) is 37.7. The Kier molecular flexibility index (Phi) is 8.36. The van der Waals surface area contributed by atoms with Crippen LogP contribution in [0.1, 0.15) is 112 Å². The topological polar surface area (TPSA) is 97.6 Å². The molecule has 0 atom stereocenters. The smallest absolute Gasteiger partial charge is 0.303 e. The van der Waals surface area contributed by atoms with Crippen LogP contribution in [-0.2, 0) is 16.1 Å². The number of rotatable bonds is 11. The van der Waals surface area contributed by atoms with E-state index in [-0.39, 0.29) is 18.1 Å². The Balaban J connectivity index is 1.26. The molecule has 2 fully saturated rings. The summed E-state index contributed by atoms with van der Waals surface area (Å²) in [7, 11) is 0. The normalized spacial score (nSPS) is 17.8. The minimum Gasteiger partial charge on any atom is -0.491 e. The Bertz CT molecular complexity index is 1480. The molecule has 2 saturated carbocycles. The first kappa shape index (κ1) is 28.5. The number of aromatic nitrogens is 1. The van der Waals surface area contributed by atoms with Crippen molar-refractivity contribution < 1.29 is 24.2 Å². The Hall–Kier alpha value is -3.61. The van der Waals surface area contributed by atoms with Gasteiger partial charge in [0.25, 0.3) is 5.91 Å². The number of Topliss-reactive ketones (excluding diaryl/α,β-unsaturated/α-hetero) is 1. The average Bonchev–Trinajstić information content (AvgIpc) is 3.17. The molecule has 3 aromatic rings. The van der Waals surface area contributed by atoms with E-state index < -0.39 is 11.5 Å². The molecular weight excluding hydrogens is 528 g/mol. The molecule has 1 amide bonds. The van der Waals surface area contributed by atoms with Gasteiger partial charge in [-0.15, -0.1) is 0 Å². The van der Waals surface area contributed by atoms with Crippen molar-refractivity contribution in [3.05, 3.63) is 53.6 Å². The zero-order chi connectivity index (χ0) is 29.1. The van der Waals surface area contributed by atoms with Gasteiger partial charge in [0.1, 0.15) is 12.4 Å². The van der Waals surface area contributed by atoms with Crippen LogP contribution in [-0.4, -0.2) is 39.5 Å². The summed E-state index contributed by atoms with van der Waals surface area (Å²) in [6.45, 7) is 1.29. The van der Waals surface area contributed by atoms with Crippen molar-refractivity contribution >= 4 is 28.6 Å². The highest BCUT2D eigenvalue weighted by molar-refractivity contribution is 6.04. The second kappa shape index (κ2) is 12.3. The zero-order valence-corrected chi connectivity index (χ0v) is 24.5. The number of benzene rings is 2. The second-order valence-corrected chi connectivity index (χ2v) is 12.4. The van der Waals surface area contributed by atoms with Crippen LogP contribution >= 0.6 is 0 Å². The van der Waals surface area contributed by atoms with Crippen molar-refractivity contribution in [2.75, 3.05) is 6.61 Å². The molecule has 0 bridgehead atoms. The summed E-state index contributed by atoms with van der Waals surface area (Å²) in [5, 5.41) is 13.2. The van der Waals surface area contributed by atoms with Gasteiger partial charge in [-0.3, -0.25) is 14.4 Å². The first-order chi connectivity index (χ1) is 20.5. The molecule has 2 heterocycles. The summed E-state index contributed by atoms with van der Waals surface area (Å²) in [5.74, 6) is 0.544. The summed E-state index contributed by atoms with van der Waals surface area (Å²) >= 11 is 0. The number of amides is 1. The highest BCUT2D eigenvalue weighted by atomic mass is 16.5. The Labute approximate surface area is 247 Å². The third kappa shape index (κ3) is 5.58. The van der Waals surface area contributed by atoms with Gasteiger partial charge in [0.05, 0.1) is 17.8 Å². The molecular formula is C35H42N2O5. The van der Waals surface area contributed by atoms with E-state index in [0.29, 0.717) is 50.3 Å². The van der Waals surface area contributed by atoms with Crippen molar-refractivity contribution in [2.45, 2.75) is 108 Å². The fraction of sp³-hybridized carbons (Fsp3) is 0.514. The number of unbranched alkanes of at least 4 members (excludes halogenated alkanes) is 3. The van der Waals surface area contributed by atoms with Gasteiger partial charge >= 0.3 is 5.97 Å². The highest BCUT2D eigenvalue weighted by Gasteiger charge is 2.44. The van der Waals surface area contributed by atoms with Crippen LogP contribution in [0.2, 0.25) is 0 Å². The lowest BCUT2D eigenvalue weighted by atomic mass is 9.72. The van der Waals surface area contributed by atoms with Gasteiger partial charge in [0, 0.05) is 34.9 Å². The molecule has 42 heavy (non-hydrogen) atoms. The largest absolute Gasteiger partial charge is 0.491 e. The molecule has 222 valence electrons. The van der Waals surface area contributed by atoms with E-state index in [9.17, 15) is 14.4 Å². The predicted molar refractivity (Wildman–Crippen MR) is 163 cm³/mol. The molecule has 7 heteroatoms. The summed E-state index contributed by atoms with van der Waals surface area (Å²) in [6, 6.07) is 14.4. The van der Waals surface area contributed by atoms with E-state index >= 15 is 0 Å². The summed E-state index contributed by atoms with van der Waals surface area (Å²) in [6.07, 6.45) is 12.0. The molecule has 0 unspecified atom stereocenters. The Morgan fingerprint density at radius 1 is 0.929 bits per heavy atom. The van der Waals surface area contributed by atoms with E-state index in [0.717, 1.165) is 42.5 Å². The fourth-order valence-electron chi connectivity index (χ4n) is 7.33. The van der Waals surface area contributed by atoms with E-state index in [1.54, 1.807) is 0 Å². The van der Waals surface area contributed by atoms with Crippen LogP contribution in [0.25, 0.3) is 22.2 Å². The Morgan fingerprint density at radius 3 is 2.43 bits per heavy atom. The van der Waals surface area contributed by atoms with Crippen LogP contribution < -0.4 is 10.1 Å². The minimum absolute atomic E-state index is 0.103. The minimum atomic E-state index is -0.778. The highest BCUT2D eigenvalue weighted by Crippen LogP contribution is 2.47. The van der Waals surface area contributed by atoms with Gasteiger partial charge in [-0.2, -0.15) is 0 Å². The maximum absolute atomic E-state index is 13.7. The van der Waals surface area contributed by atoms with Crippen molar-refractivity contribution in [3.63, 3.8) is 0 Å². The molecule has 0 spiro atoms. The van der Waals surface area contributed by atoms with Crippen LogP contribution in [0.15, 0.2) is 42.5 Å². The number of ketones is 1. The standard InChI is InChI=1S/C35H42N2O5/c38-30(15-6-1-2-7-16-31(39)40)35(19-10-20-35)36-34(41)25-17-18-26-28(23-25)37-21-22-42-29-14-9-8-13-27(29)33(37)32(26)24-11-4-3-5-12-24/h8-9,13-14,17-18,23-24H,1-7,10-12,15-16,19-22H2,(H,36,41)(H,39,40). The predicted octanol–water partition coefficient (Wildman–Crippen LogP) is 7.40. The maximum Gasteiger partial charge on any atom is 0.303 e. The van der Waals surface area contributed by atoms with E-state index in [1.807, 2.05) is 18.2 Å². The maximum atomic E-state index is 13.7. The van der Waals surface area contributed by atoms with Crippen LogP contribution in [0.5, 0.6) is 5.75 Å². The number of nitrogens with one attached hydrogen (secondary N) is 1. The molecule has 2 N–H and O–H groups in total. The van der Waals surface area contributed by atoms with Gasteiger partial charge in [0.15, 0.2) is 5.78 Å². The number of aliphatic carboxylic acids is 1. The second-order valence-electron chi connectivity index (χ2n) is 12.4. The van der Waals surface area contributed by atoms with Crippen LogP contribution in [0, 0.1) is 0 Å². The number of ether oxygens (including phenoxy) is 1. The van der Waals surface area contributed by atoms with Gasteiger partial charge in [-0.1, -0.05) is 50.3 Å². The van der Waals surface area contributed by atoms with Gasteiger partial charge in [0.2, 0.25) is 0 Å². The lowest BCUT2D eigenvalue weighted by Crippen LogP contribution is -2.59. The molecule has 2 aromatic carbocycles. The van der Waals surface area contributed by atoms with Crippen molar-refractivity contribution in [1.82, 2.24) is 9.88 Å². The lowest BCUT2D eigenvalue weighted by molar-refractivity contribution is -0.137. The number of hydrogen-bond donors (Lipinski definition) is 2. The van der Waals surface area contributed by atoms with Gasteiger partial charge < -0.3 is 19.7 Å². The fourth-order valence-corrected chi connectivity index (χ4v) is 7.33. The van der Waals surface area contributed by atoms with Crippen LogP contribution in [0.3, 0.4) is 0 Å². The van der Waals surface area contributed by atoms with E-state index in [1.165, 1.54) is 48.7 Å². The van der Waals surface area contributed by atoms with Crippen LogP contribution in [0.4, 0.5) is 0 Å². The Morgan fingerprint density at radius 2 is 1.69 bits per heavy atom.